The molecule has 0 radical (unpaired) electrons. The van der Waals surface area contributed by atoms with Gasteiger partial charge in [-0.2, -0.15) is 5.10 Å². The smallest absolute Gasteiger partial charge is 0.158 e. The average Bonchev–Trinajstić information content (AvgIpc) is 2.99. The minimum atomic E-state index is 0.374. The van der Waals surface area contributed by atoms with Crippen LogP contribution in [0.5, 0.6) is 5.75 Å². The van der Waals surface area contributed by atoms with Crippen LogP contribution in [0.15, 0.2) is 30.3 Å². The van der Waals surface area contributed by atoms with Gasteiger partial charge in [0, 0.05) is 7.05 Å². The van der Waals surface area contributed by atoms with Gasteiger partial charge in [0.1, 0.15) is 23.7 Å². The molecule has 0 saturated carbocycles. The Morgan fingerprint density at radius 3 is 2.71 bits per heavy atom. The van der Waals surface area contributed by atoms with E-state index >= 15 is 0 Å². The molecule has 2 aromatic heterocycles. The Labute approximate surface area is 128 Å². The van der Waals surface area contributed by atoms with Gasteiger partial charge in [0.15, 0.2) is 5.65 Å². The first-order valence-electron chi connectivity index (χ1n) is 6.83. The lowest BCUT2D eigenvalue weighted by molar-refractivity contribution is 0.298. The fourth-order valence-electron chi connectivity index (χ4n) is 2.49. The molecule has 0 atom stereocenters. The fourth-order valence-corrected chi connectivity index (χ4v) is 2.69. The largest absolute Gasteiger partial charge is 0.492 e. The second-order valence-electron chi connectivity index (χ2n) is 4.86. The summed E-state index contributed by atoms with van der Waals surface area (Å²) in [4.78, 5) is 4.57. The maximum atomic E-state index is 6.01. The first-order chi connectivity index (χ1) is 10.2. The van der Waals surface area contributed by atoms with E-state index in [0.717, 1.165) is 28.4 Å². The van der Waals surface area contributed by atoms with Crippen molar-refractivity contribution in [1.82, 2.24) is 19.3 Å². The lowest BCUT2D eigenvalue weighted by Crippen LogP contribution is -2.12. The molecular formula is C15H17ClN4O. The normalized spacial score (nSPS) is 11.2. The van der Waals surface area contributed by atoms with Crippen LogP contribution in [0.4, 0.5) is 0 Å². The van der Waals surface area contributed by atoms with E-state index in [1.165, 1.54) is 0 Å². The van der Waals surface area contributed by atoms with Crippen LogP contribution >= 0.6 is 11.6 Å². The SMILES string of the molecule is Cc1nn(C)c2c1nc(CCl)n2CCOc1ccccc1. The van der Waals surface area contributed by atoms with E-state index in [4.69, 9.17) is 16.3 Å². The van der Waals surface area contributed by atoms with Gasteiger partial charge in [0.25, 0.3) is 0 Å². The molecule has 2 heterocycles. The minimum Gasteiger partial charge on any atom is -0.492 e. The molecule has 110 valence electrons. The maximum Gasteiger partial charge on any atom is 0.158 e. The first kappa shape index (κ1) is 13.9. The summed E-state index contributed by atoms with van der Waals surface area (Å²) >= 11 is 6.01. The number of nitrogens with zero attached hydrogens (tertiary/aromatic N) is 4. The molecule has 5 nitrogen and oxygen atoms in total. The van der Waals surface area contributed by atoms with Crippen molar-refractivity contribution in [2.24, 2.45) is 7.05 Å². The monoisotopic (exact) mass is 304 g/mol. The summed E-state index contributed by atoms with van der Waals surface area (Å²) < 4.78 is 9.67. The predicted molar refractivity (Wildman–Crippen MR) is 82.7 cm³/mol. The third-order valence-corrected chi connectivity index (χ3v) is 3.65. The maximum absolute atomic E-state index is 6.01. The number of hydrogen-bond acceptors (Lipinski definition) is 3. The van der Waals surface area contributed by atoms with Crippen molar-refractivity contribution in [3.05, 3.63) is 41.9 Å². The van der Waals surface area contributed by atoms with Crippen molar-refractivity contribution < 1.29 is 4.74 Å². The number of aromatic nitrogens is 4. The molecule has 3 rings (SSSR count). The van der Waals surface area contributed by atoms with Gasteiger partial charge in [-0.3, -0.25) is 4.68 Å². The fraction of sp³-hybridized carbons (Fsp3) is 0.333. The van der Waals surface area contributed by atoms with Gasteiger partial charge >= 0.3 is 0 Å². The summed E-state index contributed by atoms with van der Waals surface area (Å²) in [5.41, 5.74) is 2.81. The molecule has 3 aromatic rings. The zero-order valence-electron chi connectivity index (χ0n) is 12.1. The molecule has 21 heavy (non-hydrogen) atoms. The topological polar surface area (TPSA) is 44.9 Å². The Bertz CT molecular complexity index is 748. The molecular weight excluding hydrogens is 288 g/mol. The number of aryl methyl sites for hydroxylation is 2. The third kappa shape index (κ3) is 2.61. The summed E-state index contributed by atoms with van der Waals surface area (Å²) in [6, 6.07) is 9.77. The Hall–Kier alpha value is -2.01. The van der Waals surface area contributed by atoms with Crippen LogP contribution < -0.4 is 4.74 Å². The number of hydrogen-bond donors (Lipinski definition) is 0. The quantitative estimate of drug-likeness (QED) is 0.681. The van der Waals surface area contributed by atoms with Crippen molar-refractivity contribution >= 4 is 22.8 Å². The highest BCUT2D eigenvalue weighted by Gasteiger charge is 2.16. The van der Waals surface area contributed by atoms with Crippen LogP contribution in [0.1, 0.15) is 11.5 Å². The van der Waals surface area contributed by atoms with Crippen LogP contribution in [-0.2, 0) is 19.5 Å². The highest BCUT2D eigenvalue weighted by Crippen LogP contribution is 2.20. The van der Waals surface area contributed by atoms with Gasteiger partial charge in [-0.15, -0.1) is 11.6 Å². The lowest BCUT2D eigenvalue weighted by atomic mass is 10.3. The van der Waals surface area contributed by atoms with E-state index in [9.17, 15) is 0 Å². The standard InChI is InChI=1S/C15H17ClN4O/c1-11-14-15(19(2)18-11)20(13(10-16)17-14)8-9-21-12-6-4-3-5-7-12/h3-7H,8-10H2,1-2H3. The van der Waals surface area contributed by atoms with Crippen molar-refractivity contribution in [2.45, 2.75) is 19.3 Å². The molecule has 0 spiro atoms. The summed E-state index contributed by atoms with van der Waals surface area (Å²) in [6.07, 6.45) is 0. The van der Waals surface area contributed by atoms with E-state index in [1.807, 2.05) is 49.0 Å². The van der Waals surface area contributed by atoms with Crippen molar-refractivity contribution in [3.63, 3.8) is 0 Å². The number of benzene rings is 1. The molecule has 0 fully saturated rings. The van der Waals surface area contributed by atoms with Crippen LogP contribution in [-0.4, -0.2) is 25.9 Å². The lowest BCUT2D eigenvalue weighted by Gasteiger charge is -2.10. The second kappa shape index (κ2) is 5.77. The molecule has 0 bridgehead atoms. The zero-order valence-corrected chi connectivity index (χ0v) is 12.8. The van der Waals surface area contributed by atoms with Gasteiger partial charge in [0.2, 0.25) is 0 Å². The number of imidazole rings is 1. The molecule has 0 aliphatic carbocycles. The first-order valence-corrected chi connectivity index (χ1v) is 7.36. The van der Waals surface area contributed by atoms with Crippen LogP contribution in [0.3, 0.4) is 0 Å². The third-order valence-electron chi connectivity index (χ3n) is 3.42. The van der Waals surface area contributed by atoms with E-state index in [2.05, 4.69) is 14.6 Å². The summed E-state index contributed by atoms with van der Waals surface area (Å²) in [7, 11) is 1.92. The number of ether oxygens (including phenoxy) is 1. The van der Waals surface area contributed by atoms with E-state index in [0.29, 0.717) is 19.0 Å². The number of fused-ring (bicyclic) bond motifs is 1. The van der Waals surface area contributed by atoms with Gasteiger partial charge in [-0.25, -0.2) is 4.98 Å². The van der Waals surface area contributed by atoms with Crippen molar-refractivity contribution in [3.8, 4) is 5.75 Å². The van der Waals surface area contributed by atoms with E-state index in [1.54, 1.807) is 0 Å². The molecule has 0 aliphatic rings. The number of rotatable bonds is 5. The average molecular weight is 305 g/mol. The Morgan fingerprint density at radius 1 is 1.24 bits per heavy atom. The molecule has 1 aromatic carbocycles. The minimum absolute atomic E-state index is 0.374. The highest BCUT2D eigenvalue weighted by atomic mass is 35.5. The zero-order chi connectivity index (χ0) is 14.8. The second-order valence-corrected chi connectivity index (χ2v) is 5.12. The predicted octanol–water partition coefficient (Wildman–Crippen LogP) is 2.90. The van der Waals surface area contributed by atoms with Crippen molar-refractivity contribution in [2.75, 3.05) is 6.61 Å². The Morgan fingerprint density at radius 2 is 2.00 bits per heavy atom. The van der Waals surface area contributed by atoms with Crippen LogP contribution in [0.25, 0.3) is 11.2 Å². The van der Waals surface area contributed by atoms with E-state index in [-0.39, 0.29) is 0 Å². The molecule has 0 unspecified atom stereocenters. The van der Waals surface area contributed by atoms with Gasteiger partial charge in [-0.1, -0.05) is 18.2 Å². The van der Waals surface area contributed by atoms with Gasteiger partial charge in [0.05, 0.1) is 18.1 Å². The summed E-state index contributed by atoms with van der Waals surface area (Å²) in [5, 5.41) is 4.40. The number of alkyl halides is 1. The van der Waals surface area contributed by atoms with Crippen molar-refractivity contribution in [1.29, 1.82) is 0 Å². The summed E-state index contributed by atoms with van der Waals surface area (Å²) in [6.45, 7) is 3.20. The molecule has 0 amide bonds. The Balaban J connectivity index is 1.82. The summed E-state index contributed by atoms with van der Waals surface area (Å²) in [5.74, 6) is 2.08. The Kier molecular flexibility index (Phi) is 3.84. The molecule has 0 saturated heterocycles. The highest BCUT2D eigenvalue weighted by molar-refractivity contribution is 6.16. The van der Waals surface area contributed by atoms with Crippen LogP contribution in [0.2, 0.25) is 0 Å². The van der Waals surface area contributed by atoms with E-state index < -0.39 is 0 Å². The number of halogens is 1. The van der Waals surface area contributed by atoms with Crippen LogP contribution in [0, 0.1) is 6.92 Å². The molecule has 6 heteroatoms. The molecule has 0 N–H and O–H groups in total. The number of para-hydroxylation sites is 1. The van der Waals surface area contributed by atoms with Gasteiger partial charge < -0.3 is 9.30 Å². The molecule has 0 aliphatic heterocycles. The van der Waals surface area contributed by atoms with Gasteiger partial charge in [-0.05, 0) is 19.1 Å².